The molecule has 0 bridgehead atoms. The average molecular weight is 308 g/mol. The van der Waals surface area contributed by atoms with Crippen molar-refractivity contribution in [1.82, 2.24) is 9.88 Å². The molecule has 0 aliphatic heterocycles. The smallest absolute Gasteiger partial charge is 0.315 e. The van der Waals surface area contributed by atoms with Gasteiger partial charge in [0.1, 0.15) is 5.01 Å². The topological polar surface area (TPSA) is 45.2 Å². The van der Waals surface area contributed by atoms with Crippen LogP contribution in [0.15, 0.2) is 35.8 Å². The minimum atomic E-state index is -0.0926. The molecule has 1 aromatic heterocycles. The molecular weight excluding hydrogens is 294 g/mol. The van der Waals surface area contributed by atoms with Crippen LogP contribution in [0.25, 0.3) is 0 Å². The normalized spacial score (nSPS) is 14.1. The molecule has 1 fully saturated rings. The number of rotatable bonds is 4. The number of urea groups is 1. The number of nitrogens with one attached hydrogen (secondary N) is 1. The highest BCUT2D eigenvalue weighted by atomic mass is 35.5. The SMILES string of the molecule is O=C(Nc1cccc(Cl)c1)N(Cc1nccs1)C1CC1. The van der Waals surface area contributed by atoms with Gasteiger partial charge in [-0.1, -0.05) is 17.7 Å². The van der Waals surface area contributed by atoms with Crippen molar-refractivity contribution in [2.45, 2.75) is 25.4 Å². The Morgan fingerprint density at radius 1 is 1.50 bits per heavy atom. The maximum Gasteiger partial charge on any atom is 0.322 e. The van der Waals surface area contributed by atoms with Crippen molar-refractivity contribution in [2.24, 2.45) is 0 Å². The molecule has 0 spiro atoms. The number of amides is 2. The summed E-state index contributed by atoms with van der Waals surface area (Å²) < 4.78 is 0. The van der Waals surface area contributed by atoms with Crippen LogP contribution in [0, 0.1) is 0 Å². The molecule has 104 valence electrons. The van der Waals surface area contributed by atoms with E-state index in [1.165, 1.54) is 0 Å². The third kappa shape index (κ3) is 3.29. The Morgan fingerprint density at radius 2 is 2.35 bits per heavy atom. The van der Waals surface area contributed by atoms with Crippen LogP contribution in [0.3, 0.4) is 0 Å². The van der Waals surface area contributed by atoms with Gasteiger partial charge in [-0.15, -0.1) is 11.3 Å². The van der Waals surface area contributed by atoms with E-state index in [9.17, 15) is 4.79 Å². The lowest BCUT2D eigenvalue weighted by Crippen LogP contribution is -2.36. The van der Waals surface area contributed by atoms with E-state index in [0.29, 0.717) is 23.3 Å². The van der Waals surface area contributed by atoms with Crippen LogP contribution in [-0.4, -0.2) is 22.0 Å². The predicted octanol–water partition coefficient (Wildman–Crippen LogP) is 3.99. The average Bonchev–Trinajstić information content (AvgIpc) is 3.12. The van der Waals surface area contributed by atoms with E-state index >= 15 is 0 Å². The van der Waals surface area contributed by atoms with E-state index in [4.69, 9.17) is 11.6 Å². The first kappa shape index (κ1) is 13.4. The lowest BCUT2D eigenvalue weighted by molar-refractivity contribution is 0.206. The van der Waals surface area contributed by atoms with E-state index in [2.05, 4.69) is 10.3 Å². The van der Waals surface area contributed by atoms with E-state index in [0.717, 1.165) is 17.8 Å². The monoisotopic (exact) mass is 307 g/mol. The van der Waals surface area contributed by atoms with Crippen molar-refractivity contribution < 1.29 is 4.79 Å². The fraction of sp³-hybridized carbons (Fsp3) is 0.286. The molecule has 2 aromatic rings. The number of halogens is 1. The highest BCUT2D eigenvalue weighted by Crippen LogP contribution is 2.29. The summed E-state index contributed by atoms with van der Waals surface area (Å²) in [5.74, 6) is 0. The Bertz CT molecular complexity index is 598. The number of carbonyl (C=O) groups is 1. The molecule has 3 rings (SSSR count). The third-order valence-corrected chi connectivity index (χ3v) is 4.11. The number of hydrogen-bond donors (Lipinski definition) is 1. The third-order valence-electron chi connectivity index (χ3n) is 3.11. The van der Waals surface area contributed by atoms with E-state index in [1.807, 2.05) is 22.4 Å². The summed E-state index contributed by atoms with van der Waals surface area (Å²) in [5, 5.41) is 6.39. The number of anilines is 1. The van der Waals surface area contributed by atoms with E-state index < -0.39 is 0 Å². The molecule has 0 radical (unpaired) electrons. The van der Waals surface area contributed by atoms with Crippen LogP contribution in [-0.2, 0) is 6.54 Å². The van der Waals surface area contributed by atoms with Crippen LogP contribution in [0.4, 0.5) is 10.5 Å². The van der Waals surface area contributed by atoms with Crippen molar-refractivity contribution in [1.29, 1.82) is 0 Å². The lowest BCUT2D eigenvalue weighted by atomic mass is 10.3. The largest absolute Gasteiger partial charge is 0.322 e. The first-order valence-corrected chi connectivity index (χ1v) is 7.70. The molecule has 1 aliphatic rings. The van der Waals surface area contributed by atoms with Crippen LogP contribution < -0.4 is 5.32 Å². The van der Waals surface area contributed by atoms with Gasteiger partial charge in [0.15, 0.2) is 0 Å². The van der Waals surface area contributed by atoms with Crippen molar-refractivity contribution in [2.75, 3.05) is 5.32 Å². The van der Waals surface area contributed by atoms with Gasteiger partial charge in [0.2, 0.25) is 0 Å². The number of carbonyl (C=O) groups excluding carboxylic acids is 1. The minimum absolute atomic E-state index is 0.0926. The van der Waals surface area contributed by atoms with Gasteiger partial charge in [-0.3, -0.25) is 0 Å². The molecular formula is C14H14ClN3OS. The Morgan fingerprint density at radius 3 is 3.00 bits per heavy atom. The zero-order valence-corrected chi connectivity index (χ0v) is 12.3. The number of nitrogens with zero attached hydrogens (tertiary/aromatic N) is 2. The highest BCUT2D eigenvalue weighted by molar-refractivity contribution is 7.09. The van der Waals surface area contributed by atoms with Crippen LogP contribution in [0.1, 0.15) is 17.8 Å². The van der Waals surface area contributed by atoms with Crippen molar-refractivity contribution in [3.05, 3.63) is 45.9 Å². The maximum atomic E-state index is 12.4. The fourth-order valence-electron chi connectivity index (χ4n) is 1.99. The standard InChI is InChI=1S/C14H14ClN3OS/c15-10-2-1-3-11(8-10)17-14(19)18(12-4-5-12)9-13-16-6-7-20-13/h1-3,6-8,12H,4-5,9H2,(H,17,19). The Balaban J connectivity index is 1.69. The van der Waals surface area contributed by atoms with Gasteiger partial charge in [0.25, 0.3) is 0 Å². The quantitative estimate of drug-likeness (QED) is 0.928. The fourth-order valence-corrected chi connectivity index (χ4v) is 2.80. The van der Waals surface area contributed by atoms with E-state index in [-0.39, 0.29) is 6.03 Å². The molecule has 4 nitrogen and oxygen atoms in total. The van der Waals surface area contributed by atoms with E-state index in [1.54, 1.807) is 29.7 Å². The van der Waals surface area contributed by atoms with Crippen molar-refractivity contribution in [3.63, 3.8) is 0 Å². The number of thiazole rings is 1. The first-order chi connectivity index (χ1) is 9.72. The molecule has 1 saturated carbocycles. The molecule has 20 heavy (non-hydrogen) atoms. The van der Waals surface area contributed by atoms with Crippen LogP contribution >= 0.6 is 22.9 Å². The highest BCUT2D eigenvalue weighted by Gasteiger charge is 2.33. The summed E-state index contributed by atoms with van der Waals surface area (Å²) in [6.45, 7) is 0.564. The van der Waals surface area contributed by atoms with Gasteiger partial charge in [0.05, 0.1) is 6.54 Å². The second-order valence-corrected chi connectivity index (χ2v) is 6.14. The lowest BCUT2D eigenvalue weighted by Gasteiger charge is -2.21. The molecule has 1 heterocycles. The van der Waals surface area contributed by atoms with Gasteiger partial charge in [-0.2, -0.15) is 0 Å². The number of hydrogen-bond acceptors (Lipinski definition) is 3. The van der Waals surface area contributed by atoms with Gasteiger partial charge < -0.3 is 10.2 Å². The molecule has 0 unspecified atom stereocenters. The zero-order chi connectivity index (χ0) is 13.9. The Kier molecular flexibility index (Phi) is 3.89. The summed E-state index contributed by atoms with van der Waals surface area (Å²) in [4.78, 5) is 18.5. The van der Waals surface area contributed by atoms with Gasteiger partial charge in [-0.25, -0.2) is 9.78 Å². The summed E-state index contributed by atoms with van der Waals surface area (Å²) in [6, 6.07) is 7.42. The number of aromatic nitrogens is 1. The molecule has 1 aliphatic carbocycles. The van der Waals surface area contributed by atoms with Crippen LogP contribution in [0.5, 0.6) is 0 Å². The number of benzene rings is 1. The van der Waals surface area contributed by atoms with Gasteiger partial charge in [0, 0.05) is 28.3 Å². The maximum absolute atomic E-state index is 12.4. The minimum Gasteiger partial charge on any atom is -0.315 e. The molecule has 0 saturated heterocycles. The molecule has 1 aromatic carbocycles. The van der Waals surface area contributed by atoms with Crippen molar-refractivity contribution in [3.8, 4) is 0 Å². The summed E-state index contributed by atoms with van der Waals surface area (Å²) >= 11 is 7.49. The molecule has 0 atom stereocenters. The second-order valence-electron chi connectivity index (χ2n) is 4.73. The Hall–Kier alpha value is -1.59. The van der Waals surface area contributed by atoms with Crippen LogP contribution in [0.2, 0.25) is 5.02 Å². The predicted molar refractivity (Wildman–Crippen MR) is 81.1 cm³/mol. The zero-order valence-electron chi connectivity index (χ0n) is 10.8. The molecule has 6 heteroatoms. The van der Waals surface area contributed by atoms with Gasteiger partial charge >= 0.3 is 6.03 Å². The molecule has 2 amide bonds. The summed E-state index contributed by atoms with van der Waals surface area (Å²) in [6.07, 6.45) is 3.89. The van der Waals surface area contributed by atoms with Gasteiger partial charge in [-0.05, 0) is 31.0 Å². The first-order valence-electron chi connectivity index (χ1n) is 6.44. The Labute approximate surface area is 126 Å². The molecule has 1 N–H and O–H groups in total. The summed E-state index contributed by atoms with van der Waals surface area (Å²) in [5.41, 5.74) is 0.715. The van der Waals surface area contributed by atoms with Crippen molar-refractivity contribution >= 4 is 34.7 Å². The summed E-state index contributed by atoms with van der Waals surface area (Å²) in [7, 11) is 0. The second kappa shape index (κ2) is 5.81.